The molecule has 2 fully saturated rings. The lowest BCUT2D eigenvalue weighted by molar-refractivity contribution is -0.132. The summed E-state index contributed by atoms with van der Waals surface area (Å²) in [6, 6.07) is 23.2. The number of carbonyl (C=O) groups is 2. The third-order valence-electron chi connectivity index (χ3n) is 7.01. The van der Waals surface area contributed by atoms with Gasteiger partial charge in [-0.05, 0) is 29.8 Å². The number of carbonyl (C=O) groups excluding carboxylic acids is 2. The van der Waals surface area contributed by atoms with E-state index in [4.69, 9.17) is 4.74 Å². The Bertz CT molecular complexity index is 1370. The number of amides is 2. The second-order valence-electron chi connectivity index (χ2n) is 9.21. The van der Waals surface area contributed by atoms with Crippen LogP contribution in [0, 0.1) is 11.8 Å². The predicted molar refractivity (Wildman–Crippen MR) is 131 cm³/mol. The maximum absolute atomic E-state index is 13.0. The Labute approximate surface area is 202 Å². The molecule has 8 heteroatoms. The molecule has 0 saturated carbocycles. The first kappa shape index (κ1) is 21.3. The summed E-state index contributed by atoms with van der Waals surface area (Å²) >= 11 is 0. The van der Waals surface area contributed by atoms with E-state index >= 15 is 0 Å². The molecule has 35 heavy (non-hydrogen) atoms. The number of hydrogen-bond acceptors (Lipinski definition) is 5. The molecule has 3 heterocycles. The lowest BCUT2D eigenvalue weighted by atomic mass is 10.0. The molecule has 1 N–H and O–H groups in total. The zero-order valence-electron chi connectivity index (χ0n) is 19.1. The highest BCUT2D eigenvalue weighted by Crippen LogP contribution is 2.33. The van der Waals surface area contributed by atoms with Gasteiger partial charge in [0.1, 0.15) is 16.8 Å². The quantitative estimate of drug-likeness (QED) is 0.487. The van der Waals surface area contributed by atoms with E-state index in [0.717, 1.165) is 16.6 Å². The Hall–Kier alpha value is -4.20. The SMILES string of the molecule is O=C(COc1ccccc1-c1ccccc1)N1CC2CN(C(=O)c3ccc4n[nH]nc4c3)CC2C1. The number of H-pyrrole nitrogens is 1. The topological polar surface area (TPSA) is 91.4 Å². The van der Waals surface area contributed by atoms with Crippen LogP contribution in [0.3, 0.4) is 0 Å². The molecule has 0 aliphatic carbocycles. The normalized spacial score (nSPS) is 19.2. The van der Waals surface area contributed by atoms with Crippen LogP contribution < -0.4 is 4.74 Å². The third kappa shape index (κ3) is 4.12. The third-order valence-corrected chi connectivity index (χ3v) is 7.01. The minimum Gasteiger partial charge on any atom is -0.483 e. The first-order chi connectivity index (χ1) is 17.2. The zero-order chi connectivity index (χ0) is 23.8. The Kier molecular flexibility index (Phi) is 5.41. The van der Waals surface area contributed by atoms with E-state index in [1.54, 1.807) is 18.2 Å². The Morgan fingerprint density at radius 1 is 0.829 bits per heavy atom. The predicted octanol–water partition coefficient (Wildman–Crippen LogP) is 3.23. The van der Waals surface area contributed by atoms with Gasteiger partial charge in [0.2, 0.25) is 0 Å². The number of nitrogens with zero attached hydrogens (tertiary/aromatic N) is 4. The van der Waals surface area contributed by atoms with E-state index in [0.29, 0.717) is 43.0 Å². The summed E-state index contributed by atoms with van der Waals surface area (Å²) in [5.41, 5.74) is 4.06. The van der Waals surface area contributed by atoms with E-state index < -0.39 is 0 Å². The number of hydrogen-bond donors (Lipinski definition) is 1. The number of rotatable bonds is 5. The summed E-state index contributed by atoms with van der Waals surface area (Å²) < 4.78 is 5.96. The lowest BCUT2D eigenvalue weighted by Crippen LogP contribution is -2.37. The summed E-state index contributed by atoms with van der Waals surface area (Å²) in [6.07, 6.45) is 0. The van der Waals surface area contributed by atoms with Crippen molar-refractivity contribution in [2.75, 3.05) is 32.8 Å². The van der Waals surface area contributed by atoms with Gasteiger partial charge in [-0.25, -0.2) is 0 Å². The molecule has 1 aromatic heterocycles. The number of ether oxygens (including phenoxy) is 1. The van der Waals surface area contributed by atoms with Crippen LogP contribution in [0.25, 0.3) is 22.2 Å². The first-order valence-electron chi connectivity index (χ1n) is 11.8. The number of likely N-dealkylation sites (tertiary alicyclic amines) is 2. The highest BCUT2D eigenvalue weighted by molar-refractivity contribution is 5.97. The first-order valence-corrected chi connectivity index (χ1v) is 11.8. The molecular weight excluding hydrogens is 442 g/mol. The maximum atomic E-state index is 13.0. The highest BCUT2D eigenvalue weighted by atomic mass is 16.5. The van der Waals surface area contributed by atoms with Gasteiger partial charge in [0.05, 0.1) is 0 Å². The van der Waals surface area contributed by atoms with Crippen LogP contribution in [0.4, 0.5) is 0 Å². The molecule has 3 aromatic carbocycles. The summed E-state index contributed by atoms with van der Waals surface area (Å²) in [7, 11) is 0. The highest BCUT2D eigenvalue weighted by Gasteiger charge is 2.43. The van der Waals surface area contributed by atoms with E-state index in [2.05, 4.69) is 15.4 Å². The molecule has 4 aromatic rings. The van der Waals surface area contributed by atoms with Crippen molar-refractivity contribution in [2.45, 2.75) is 0 Å². The van der Waals surface area contributed by atoms with Crippen molar-refractivity contribution in [1.29, 1.82) is 0 Å². The van der Waals surface area contributed by atoms with E-state index in [1.165, 1.54) is 0 Å². The molecule has 8 nitrogen and oxygen atoms in total. The van der Waals surface area contributed by atoms with Crippen LogP contribution in [0.2, 0.25) is 0 Å². The van der Waals surface area contributed by atoms with E-state index in [1.807, 2.05) is 64.4 Å². The van der Waals surface area contributed by atoms with Crippen LogP contribution in [-0.2, 0) is 4.79 Å². The van der Waals surface area contributed by atoms with Crippen LogP contribution in [0.1, 0.15) is 10.4 Å². The fourth-order valence-electron chi connectivity index (χ4n) is 5.20. The van der Waals surface area contributed by atoms with Crippen molar-refractivity contribution in [3.05, 3.63) is 78.4 Å². The van der Waals surface area contributed by atoms with E-state index in [9.17, 15) is 9.59 Å². The molecule has 0 spiro atoms. The average Bonchev–Trinajstić information content (AvgIpc) is 3.62. The fraction of sp³-hybridized carbons (Fsp3) is 0.259. The second kappa shape index (κ2) is 8.87. The fourth-order valence-corrected chi connectivity index (χ4v) is 5.20. The summed E-state index contributed by atoms with van der Waals surface area (Å²) in [5.74, 6) is 1.26. The van der Waals surface area contributed by atoms with Crippen molar-refractivity contribution < 1.29 is 14.3 Å². The van der Waals surface area contributed by atoms with Crippen molar-refractivity contribution in [3.8, 4) is 16.9 Å². The number of benzene rings is 3. The van der Waals surface area contributed by atoms with Crippen LogP contribution in [-0.4, -0.2) is 69.8 Å². The number of fused-ring (bicyclic) bond motifs is 2. The molecule has 2 atom stereocenters. The van der Waals surface area contributed by atoms with Crippen molar-refractivity contribution >= 4 is 22.8 Å². The Morgan fingerprint density at radius 2 is 1.51 bits per heavy atom. The van der Waals surface area contributed by atoms with Gasteiger partial charge in [-0.3, -0.25) is 9.59 Å². The molecule has 2 amide bonds. The van der Waals surface area contributed by atoms with Crippen LogP contribution >= 0.6 is 0 Å². The minimum atomic E-state index is -0.0170. The van der Waals surface area contributed by atoms with Crippen LogP contribution in [0.15, 0.2) is 72.8 Å². The maximum Gasteiger partial charge on any atom is 0.260 e. The molecule has 6 rings (SSSR count). The summed E-state index contributed by atoms with van der Waals surface area (Å²) in [6.45, 7) is 2.62. The standard InChI is InChI=1S/C27H25N5O3/c33-26(17-35-25-9-5-4-8-22(25)18-6-2-1-3-7-18)31-13-20-15-32(16-21(20)14-31)27(34)19-10-11-23-24(12-19)29-30-28-23/h1-12,20-21H,13-17H2,(H,28,29,30). The van der Waals surface area contributed by atoms with Crippen molar-refractivity contribution in [1.82, 2.24) is 25.2 Å². The van der Waals surface area contributed by atoms with Gasteiger partial charge in [0.25, 0.3) is 11.8 Å². The van der Waals surface area contributed by atoms with Gasteiger partial charge >= 0.3 is 0 Å². The molecule has 0 radical (unpaired) electrons. The zero-order valence-corrected chi connectivity index (χ0v) is 19.1. The van der Waals surface area contributed by atoms with Gasteiger partial charge in [-0.2, -0.15) is 15.4 Å². The Morgan fingerprint density at radius 3 is 2.31 bits per heavy atom. The monoisotopic (exact) mass is 467 g/mol. The molecule has 0 bridgehead atoms. The summed E-state index contributed by atoms with van der Waals surface area (Å²) in [5, 5.41) is 10.7. The lowest BCUT2D eigenvalue weighted by Gasteiger charge is -2.22. The van der Waals surface area contributed by atoms with Gasteiger partial charge in [0, 0.05) is 49.1 Å². The number of aromatic amines is 1. The Balaban J connectivity index is 1.06. The minimum absolute atomic E-state index is 0.00280. The number of aromatic nitrogens is 3. The second-order valence-corrected chi connectivity index (χ2v) is 9.21. The van der Waals surface area contributed by atoms with E-state index in [-0.39, 0.29) is 30.3 Å². The van der Waals surface area contributed by atoms with Gasteiger partial charge in [-0.15, -0.1) is 0 Å². The molecular formula is C27H25N5O3. The molecule has 176 valence electrons. The average molecular weight is 468 g/mol. The van der Waals surface area contributed by atoms with Gasteiger partial charge in [0.15, 0.2) is 6.61 Å². The molecule has 2 aliphatic heterocycles. The molecule has 2 saturated heterocycles. The van der Waals surface area contributed by atoms with Crippen LogP contribution in [0.5, 0.6) is 5.75 Å². The van der Waals surface area contributed by atoms with Gasteiger partial charge < -0.3 is 14.5 Å². The summed E-state index contributed by atoms with van der Waals surface area (Å²) in [4.78, 5) is 29.7. The number of para-hydroxylation sites is 1. The van der Waals surface area contributed by atoms with Gasteiger partial charge in [-0.1, -0.05) is 48.5 Å². The number of nitrogens with one attached hydrogen (secondary N) is 1. The van der Waals surface area contributed by atoms with Crippen molar-refractivity contribution in [3.63, 3.8) is 0 Å². The molecule has 2 unspecified atom stereocenters. The largest absolute Gasteiger partial charge is 0.483 e. The van der Waals surface area contributed by atoms with Crippen molar-refractivity contribution in [2.24, 2.45) is 11.8 Å². The smallest absolute Gasteiger partial charge is 0.260 e. The molecule has 2 aliphatic rings.